The maximum atomic E-state index is 12.5. The molecule has 1 saturated carbocycles. The second-order valence-corrected chi connectivity index (χ2v) is 7.96. The number of amides is 2. The van der Waals surface area contributed by atoms with E-state index in [0.717, 1.165) is 50.3 Å². The second kappa shape index (κ2) is 7.84. The normalized spacial score (nSPS) is 16.8. The van der Waals surface area contributed by atoms with Gasteiger partial charge in [0, 0.05) is 54.1 Å². The van der Waals surface area contributed by atoms with Gasteiger partial charge >= 0.3 is 0 Å². The van der Waals surface area contributed by atoms with Crippen LogP contribution >= 0.6 is 11.6 Å². The Morgan fingerprint density at radius 1 is 1.00 bits per heavy atom. The number of piperazine rings is 1. The highest BCUT2D eigenvalue weighted by molar-refractivity contribution is 6.31. The van der Waals surface area contributed by atoms with Crippen LogP contribution in [-0.2, 0) is 4.79 Å². The molecule has 0 radical (unpaired) electrons. The average Bonchev–Trinajstić information content (AvgIpc) is 3.56. The number of benzene rings is 2. The molecule has 0 aromatic heterocycles. The zero-order valence-corrected chi connectivity index (χ0v) is 16.7. The number of nitrogens with zero attached hydrogens (tertiary/aromatic N) is 2. The molecule has 0 bridgehead atoms. The van der Waals surface area contributed by atoms with Gasteiger partial charge in [0.25, 0.3) is 5.91 Å². The molecule has 6 heteroatoms. The predicted octanol–water partition coefficient (Wildman–Crippen LogP) is 3.96. The third kappa shape index (κ3) is 4.14. The lowest BCUT2D eigenvalue weighted by Crippen LogP contribution is -2.49. The van der Waals surface area contributed by atoms with E-state index >= 15 is 0 Å². The largest absolute Gasteiger partial charge is 0.368 e. The number of carbonyl (C=O) groups excluding carboxylic acids is 2. The lowest BCUT2D eigenvalue weighted by atomic mass is 10.1. The quantitative estimate of drug-likeness (QED) is 0.849. The Morgan fingerprint density at radius 3 is 2.29 bits per heavy atom. The summed E-state index contributed by atoms with van der Waals surface area (Å²) in [6.45, 7) is 5.11. The summed E-state index contributed by atoms with van der Waals surface area (Å²) in [4.78, 5) is 28.9. The van der Waals surface area contributed by atoms with Crippen LogP contribution in [0.5, 0.6) is 0 Å². The van der Waals surface area contributed by atoms with Crippen molar-refractivity contribution < 1.29 is 9.59 Å². The van der Waals surface area contributed by atoms with E-state index in [-0.39, 0.29) is 11.8 Å². The molecule has 2 amide bonds. The van der Waals surface area contributed by atoms with Gasteiger partial charge in [-0.3, -0.25) is 9.59 Å². The van der Waals surface area contributed by atoms with Crippen molar-refractivity contribution in [1.82, 2.24) is 4.90 Å². The first kappa shape index (κ1) is 18.8. The molecule has 0 unspecified atom stereocenters. The molecular formula is C22H24ClN3O2. The minimum Gasteiger partial charge on any atom is -0.368 e. The SMILES string of the molecule is Cc1ccc(NC(=O)c2ccc(N3CCN(C(=O)C4CC4)CC3)cc2)cc1Cl. The van der Waals surface area contributed by atoms with Gasteiger partial charge in [-0.05, 0) is 61.7 Å². The molecule has 2 fully saturated rings. The molecule has 0 spiro atoms. The maximum Gasteiger partial charge on any atom is 0.255 e. The number of hydrogen-bond acceptors (Lipinski definition) is 3. The molecule has 1 N–H and O–H groups in total. The van der Waals surface area contributed by atoms with Crippen LogP contribution in [-0.4, -0.2) is 42.9 Å². The number of hydrogen-bond donors (Lipinski definition) is 1. The number of rotatable bonds is 4. The Labute approximate surface area is 170 Å². The van der Waals surface area contributed by atoms with Gasteiger partial charge in [-0.25, -0.2) is 0 Å². The highest BCUT2D eigenvalue weighted by Crippen LogP contribution is 2.31. The van der Waals surface area contributed by atoms with Gasteiger partial charge in [0.05, 0.1) is 0 Å². The van der Waals surface area contributed by atoms with E-state index in [0.29, 0.717) is 22.2 Å². The molecule has 2 aromatic carbocycles. The van der Waals surface area contributed by atoms with Crippen molar-refractivity contribution in [2.45, 2.75) is 19.8 Å². The summed E-state index contributed by atoms with van der Waals surface area (Å²) >= 11 is 6.12. The molecule has 5 nitrogen and oxygen atoms in total. The summed E-state index contributed by atoms with van der Waals surface area (Å²) in [6.07, 6.45) is 2.11. The van der Waals surface area contributed by atoms with E-state index in [1.807, 2.05) is 48.2 Å². The summed E-state index contributed by atoms with van der Waals surface area (Å²) in [6, 6.07) is 13.1. The zero-order valence-electron chi connectivity index (χ0n) is 16.0. The molecular weight excluding hydrogens is 374 g/mol. The fourth-order valence-electron chi connectivity index (χ4n) is 3.47. The minimum atomic E-state index is -0.161. The van der Waals surface area contributed by atoms with Crippen LogP contribution in [0.15, 0.2) is 42.5 Å². The van der Waals surface area contributed by atoms with Crippen LogP contribution in [0.4, 0.5) is 11.4 Å². The van der Waals surface area contributed by atoms with E-state index < -0.39 is 0 Å². The fourth-order valence-corrected chi connectivity index (χ4v) is 3.65. The number of aryl methyl sites for hydroxylation is 1. The van der Waals surface area contributed by atoms with Gasteiger partial charge in [0.15, 0.2) is 0 Å². The summed E-state index contributed by atoms with van der Waals surface area (Å²) in [5.74, 6) is 0.446. The molecule has 28 heavy (non-hydrogen) atoms. The van der Waals surface area contributed by atoms with Gasteiger partial charge in [0.1, 0.15) is 0 Å². The van der Waals surface area contributed by atoms with E-state index in [1.165, 1.54) is 0 Å². The Bertz CT molecular complexity index is 885. The number of carbonyl (C=O) groups is 2. The number of nitrogens with one attached hydrogen (secondary N) is 1. The zero-order chi connectivity index (χ0) is 19.7. The first-order valence-corrected chi connectivity index (χ1v) is 10.1. The average molecular weight is 398 g/mol. The van der Waals surface area contributed by atoms with Crippen molar-refractivity contribution in [2.24, 2.45) is 5.92 Å². The van der Waals surface area contributed by atoms with Gasteiger partial charge < -0.3 is 15.1 Å². The van der Waals surface area contributed by atoms with Gasteiger partial charge in [-0.15, -0.1) is 0 Å². The van der Waals surface area contributed by atoms with Crippen LogP contribution in [0.1, 0.15) is 28.8 Å². The van der Waals surface area contributed by atoms with Gasteiger partial charge in [-0.2, -0.15) is 0 Å². The van der Waals surface area contributed by atoms with E-state index in [1.54, 1.807) is 6.07 Å². The highest BCUT2D eigenvalue weighted by Gasteiger charge is 2.34. The molecule has 1 heterocycles. The Balaban J connectivity index is 1.35. The molecule has 4 rings (SSSR count). The molecule has 1 aliphatic heterocycles. The summed E-state index contributed by atoms with van der Waals surface area (Å²) in [5.41, 5.74) is 3.33. The first-order valence-electron chi connectivity index (χ1n) is 9.72. The van der Waals surface area contributed by atoms with Crippen LogP contribution in [0.2, 0.25) is 5.02 Å². The first-order chi connectivity index (χ1) is 13.5. The van der Waals surface area contributed by atoms with Crippen molar-refractivity contribution >= 4 is 34.8 Å². The summed E-state index contributed by atoms with van der Waals surface area (Å²) in [7, 11) is 0. The van der Waals surface area contributed by atoms with E-state index in [9.17, 15) is 9.59 Å². The van der Waals surface area contributed by atoms with Crippen molar-refractivity contribution in [3.05, 3.63) is 58.6 Å². The highest BCUT2D eigenvalue weighted by atomic mass is 35.5. The smallest absolute Gasteiger partial charge is 0.255 e. The van der Waals surface area contributed by atoms with Crippen LogP contribution < -0.4 is 10.2 Å². The lowest BCUT2D eigenvalue weighted by molar-refractivity contribution is -0.132. The van der Waals surface area contributed by atoms with Gasteiger partial charge in [0.2, 0.25) is 5.91 Å². The predicted molar refractivity (Wildman–Crippen MR) is 112 cm³/mol. The number of anilines is 2. The van der Waals surface area contributed by atoms with Crippen LogP contribution in [0.25, 0.3) is 0 Å². The molecule has 0 atom stereocenters. The van der Waals surface area contributed by atoms with E-state index in [2.05, 4.69) is 10.2 Å². The maximum absolute atomic E-state index is 12.5. The third-order valence-corrected chi connectivity index (χ3v) is 5.85. The topological polar surface area (TPSA) is 52.7 Å². The Kier molecular flexibility index (Phi) is 5.27. The van der Waals surface area contributed by atoms with E-state index in [4.69, 9.17) is 11.6 Å². The van der Waals surface area contributed by atoms with Crippen molar-refractivity contribution in [3.63, 3.8) is 0 Å². The molecule has 1 aliphatic carbocycles. The standard InChI is InChI=1S/C22H24ClN3O2/c1-15-2-7-18(14-20(15)23)24-21(27)16-5-8-19(9-6-16)25-10-12-26(13-11-25)22(28)17-3-4-17/h2,5-9,14,17H,3-4,10-13H2,1H3,(H,24,27). The molecule has 146 valence electrons. The number of halogens is 1. The monoisotopic (exact) mass is 397 g/mol. The van der Waals surface area contributed by atoms with Crippen molar-refractivity contribution in [1.29, 1.82) is 0 Å². The minimum absolute atomic E-state index is 0.161. The Hall–Kier alpha value is -2.53. The van der Waals surface area contributed by atoms with Crippen LogP contribution in [0, 0.1) is 12.8 Å². The van der Waals surface area contributed by atoms with Crippen LogP contribution in [0.3, 0.4) is 0 Å². The Morgan fingerprint density at radius 2 is 1.68 bits per heavy atom. The summed E-state index contributed by atoms with van der Waals surface area (Å²) < 4.78 is 0. The van der Waals surface area contributed by atoms with Crippen molar-refractivity contribution in [2.75, 3.05) is 36.4 Å². The van der Waals surface area contributed by atoms with Crippen molar-refractivity contribution in [3.8, 4) is 0 Å². The second-order valence-electron chi connectivity index (χ2n) is 7.55. The molecule has 2 aromatic rings. The molecule has 1 saturated heterocycles. The third-order valence-electron chi connectivity index (χ3n) is 5.44. The lowest BCUT2D eigenvalue weighted by Gasteiger charge is -2.36. The fraction of sp³-hybridized carbons (Fsp3) is 0.364. The van der Waals surface area contributed by atoms with Gasteiger partial charge in [-0.1, -0.05) is 17.7 Å². The summed E-state index contributed by atoms with van der Waals surface area (Å²) in [5, 5.41) is 3.51. The molecule has 2 aliphatic rings.